The van der Waals surface area contributed by atoms with Crippen LogP contribution in [0.2, 0.25) is 0 Å². The number of esters is 1. The van der Waals surface area contributed by atoms with Gasteiger partial charge in [-0.2, -0.15) is 0 Å². The monoisotopic (exact) mass is 412 g/mol. The quantitative estimate of drug-likeness (QED) is 0.220. The molecule has 0 aliphatic heterocycles. The Hall–Kier alpha value is -2.66. The van der Waals surface area contributed by atoms with Crippen LogP contribution in [0.1, 0.15) is 43.4 Å². The summed E-state index contributed by atoms with van der Waals surface area (Å²) >= 11 is 0. The first-order valence-electron chi connectivity index (χ1n) is 9.70. The molecule has 2 rings (SSSR count). The largest absolute Gasteiger partial charge is 0.488 e. The van der Waals surface area contributed by atoms with Crippen molar-refractivity contribution in [2.45, 2.75) is 44.1 Å². The molecule has 0 aliphatic carbocycles. The number of allylic oxidation sites excluding steroid dienone is 1. The average molecular weight is 413 g/mol. The predicted molar refractivity (Wildman–Crippen MR) is 117 cm³/mol. The minimum Gasteiger partial charge on any atom is -0.488 e. The second kappa shape index (κ2) is 12.0. The lowest BCUT2D eigenvalue weighted by Crippen LogP contribution is -2.10. The number of rotatable bonds is 10. The molecule has 0 N–H and O–H groups in total. The molecule has 5 heteroatoms. The molecule has 0 heterocycles. The first-order valence-corrected chi connectivity index (χ1v) is 10.8. The van der Waals surface area contributed by atoms with Crippen LogP contribution in [0, 0.1) is 6.92 Å². The van der Waals surface area contributed by atoms with E-state index in [1.165, 1.54) is 19.4 Å². The Kier molecular flexibility index (Phi) is 9.38. The van der Waals surface area contributed by atoms with E-state index in [4.69, 9.17) is 4.74 Å². The second-order valence-electron chi connectivity index (χ2n) is 6.58. The zero-order valence-corrected chi connectivity index (χ0v) is 18.0. The van der Waals surface area contributed by atoms with Crippen molar-refractivity contribution in [3.05, 3.63) is 89.0 Å². The number of benzene rings is 2. The van der Waals surface area contributed by atoms with Crippen molar-refractivity contribution < 1.29 is 18.5 Å². The molecular formula is C24H28O4S. The third kappa shape index (κ3) is 7.02. The molecule has 0 aromatic heterocycles. The number of hydrogen-bond donors (Lipinski definition) is 0. The van der Waals surface area contributed by atoms with Gasteiger partial charge in [-0.15, -0.1) is 0 Å². The van der Waals surface area contributed by atoms with Gasteiger partial charge >= 0.3 is 5.97 Å². The molecule has 29 heavy (non-hydrogen) atoms. The molecule has 0 saturated carbocycles. The van der Waals surface area contributed by atoms with E-state index in [2.05, 4.69) is 11.7 Å². The van der Waals surface area contributed by atoms with Gasteiger partial charge in [0.15, 0.2) is 6.10 Å². The van der Waals surface area contributed by atoms with Gasteiger partial charge in [-0.1, -0.05) is 73.9 Å². The van der Waals surface area contributed by atoms with E-state index in [-0.39, 0.29) is 0 Å². The summed E-state index contributed by atoms with van der Waals surface area (Å²) in [5.74, 6) is -0.506. The van der Waals surface area contributed by atoms with Gasteiger partial charge in [-0.05, 0) is 31.0 Å². The zero-order valence-electron chi connectivity index (χ0n) is 17.2. The van der Waals surface area contributed by atoms with Crippen molar-refractivity contribution >= 4 is 16.8 Å². The van der Waals surface area contributed by atoms with E-state index >= 15 is 0 Å². The maximum atomic E-state index is 13.5. The Morgan fingerprint density at radius 2 is 1.79 bits per heavy atom. The highest BCUT2D eigenvalue weighted by molar-refractivity contribution is 7.89. The van der Waals surface area contributed by atoms with Gasteiger partial charge in [-0.3, -0.25) is 0 Å². The molecule has 1 unspecified atom stereocenters. The number of hydrogen-bond acceptors (Lipinski definition) is 4. The first kappa shape index (κ1) is 22.6. The molecule has 4 nitrogen and oxygen atoms in total. The van der Waals surface area contributed by atoms with Crippen molar-refractivity contribution in [3.63, 3.8) is 0 Å². The summed E-state index contributed by atoms with van der Waals surface area (Å²) < 4.78 is 24.0. The number of aryl methyl sites for hydroxylation is 1. The maximum Gasteiger partial charge on any atom is 0.333 e. The minimum atomic E-state index is -1.39. The lowest BCUT2D eigenvalue weighted by Gasteiger charge is -2.21. The Bertz CT molecular complexity index is 854. The Labute approximate surface area is 175 Å². The minimum absolute atomic E-state index is 0.506. The van der Waals surface area contributed by atoms with E-state index < -0.39 is 22.9 Å². The number of ether oxygens (including phenoxy) is 2. The SMILES string of the molecule is CCCC/C=C(/[C@H](O/C=C/C(=O)OC)c1ccccc1)S(=O)c1ccc(C)cc1. The van der Waals surface area contributed by atoms with Crippen LogP contribution in [-0.4, -0.2) is 17.3 Å². The summed E-state index contributed by atoms with van der Waals surface area (Å²) in [5.41, 5.74) is 1.98. The predicted octanol–water partition coefficient (Wildman–Crippen LogP) is 5.62. The summed E-state index contributed by atoms with van der Waals surface area (Å²) in [5, 5.41) is 0. The molecule has 2 atom stereocenters. The van der Waals surface area contributed by atoms with Crippen LogP contribution >= 0.6 is 0 Å². The Balaban J connectivity index is 2.43. The van der Waals surface area contributed by atoms with Crippen molar-refractivity contribution in [1.82, 2.24) is 0 Å². The number of carbonyl (C=O) groups excluding carboxylic acids is 1. The van der Waals surface area contributed by atoms with Gasteiger partial charge in [0.2, 0.25) is 0 Å². The Morgan fingerprint density at radius 1 is 1.10 bits per heavy atom. The summed E-state index contributed by atoms with van der Waals surface area (Å²) in [6.45, 7) is 4.12. The second-order valence-corrected chi connectivity index (χ2v) is 8.06. The molecule has 0 fully saturated rings. The normalized spacial score (nSPS) is 13.8. The fourth-order valence-electron chi connectivity index (χ4n) is 2.71. The molecule has 0 spiro atoms. The number of carbonyl (C=O) groups is 1. The van der Waals surface area contributed by atoms with Crippen molar-refractivity contribution in [1.29, 1.82) is 0 Å². The number of unbranched alkanes of at least 4 members (excludes halogenated alkanes) is 2. The van der Waals surface area contributed by atoms with Gasteiger partial charge < -0.3 is 9.47 Å². The molecular weight excluding hydrogens is 384 g/mol. The van der Waals surface area contributed by atoms with Crippen LogP contribution in [0.4, 0.5) is 0 Å². The third-order valence-electron chi connectivity index (χ3n) is 4.33. The summed E-state index contributed by atoms with van der Waals surface area (Å²) in [4.78, 5) is 12.8. The lowest BCUT2D eigenvalue weighted by atomic mass is 10.1. The molecule has 154 valence electrons. The third-order valence-corrected chi connectivity index (χ3v) is 5.84. The molecule has 0 saturated heterocycles. The summed E-state index contributed by atoms with van der Waals surface area (Å²) in [6.07, 6.45) is 6.79. The highest BCUT2D eigenvalue weighted by Crippen LogP contribution is 2.32. The van der Waals surface area contributed by atoms with Crippen molar-refractivity contribution in [2.75, 3.05) is 7.11 Å². The standard InChI is InChI=1S/C24H28O4S/c1-4-5-7-12-22(29(26)21-15-13-19(2)14-16-21)24(20-10-8-6-9-11-20)28-18-17-23(25)27-3/h6,8-18,24H,4-5,7H2,1-3H3/b18-17+,22-12-/t24-,29?/m1/s1. The smallest absolute Gasteiger partial charge is 0.333 e. The fourth-order valence-corrected chi connectivity index (χ4v) is 4.02. The van der Waals surface area contributed by atoms with Gasteiger partial charge in [0.1, 0.15) is 0 Å². The van der Waals surface area contributed by atoms with Crippen LogP contribution in [0.3, 0.4) is 0 Å². The maximum absolute atomic E-state index is 13.5. The van der Waals surface area contributed by atoms with Crippen LogP contribution in [-0.2, 0) is 25.1 Å². The van der Waals surface area contributed by atoms with E-state index in [9.17, 15) is 9.00 Å². The first-order chi connectivity index (χ1) is 14.1. The van der Waals surface area contributed by atoms with Crippen LogP contribution in [0.25, 0.3) is 0 Å². The van der Waals surface area contributed by atoms with E-state index in [1.54, 1.807) is 0 Å². The van der Waals surface area contributed by atoms with E-state index in [1.807, 2.05) is 67.6 Å². The fraction of sp³-hybridized carbons (Fsp3) is 0.292. The zero-order chi connectivity index (χ0) is 21.1. The highest BCUT2D eigenvalue weighted by Gasteiger charge is 2.23. The molecule has 0 radical (unpaired) electrons. The van der Waals surface area contributed by atoms with Crippen LogP contribution < -0.4 is 0 Å². The molecule has 0 aliphatic rings. The van der Waals surface area contributed by atoms with Crippen molar-refractivity contribution in [3.8, 4) is 0 Å². The summed E-state index contributed by atoms with van der Waals surface area (Å²) in [6, 6.07) is 17.3. The summed E-state index contributed by atoms with van der Waals surface area (Å²) in [7, 11) is -0.0840. The topological polar surface area (TPSA) is 52.6 Å². The van der Waals surface area contributed by atoms with Gasteiger partial charge in [0.25, 0.3) is 0 Å². The Morgan fingerprint density at radius 3 is 2.41 bits per heavy atom. The lowest BCUT2D eigenvalue weighted by molar-refractivity contribution is -0.135. The number of methoxy groups -OCH3 is 1. The average Bonchev–Trinajstić information content (AvgIpc) is 2.75. The van der Waals surface area contributed by atoms with Crippen LogP contribution in [0.5, 0.6) is 0 Å². The highest BCUT2D eigenvalue weighted by atomic mass is 32.2. The van der Waals surface area contributed by atoms with Crippen molar-refractivity contribution in [2.24, 2.45) is 0 Å². The van der Waals surface area contributed by atoms with Crippen LogP contribution in [0.15, 0.2) is 82.8 Å². The molecule has 0 amide bonds. The molecule has 0 bridgehead atoms. The van der Waals surface area contributed by atoms with E-state index in [0.29, 0.717) is 4.91 Å². The van der Waals surface area contributed by atoms with E-state index in [0.717, 1.165) is 35.3 Å². The van der Waals surface area contributed by atoms with Gasteiger partial charge in [0.05, 0.1) is 35.2 Å². The van der Waals surface area contributed by atoms with Gasteiger partial charge in [0, 0.05) is 4.90 Å². The van der Waals surface area contributed by atoms with Gasteiger partial charge in [-0.25, -0.2) is 9.00 Å². The molecule has 2 aromatic carbocycles. The molecule has 2 aromatic rings.